The third-order valence-electron chi connectivity index (χ3n) is 5.04. The topological polar surface area (TPSA) is 49.4 Å². The zero-order valence-electron chi connectivity index (χ0n) is 13.9. The normalized spacial score (nSPS) is 22.2. The first-order valence-electron chi connectivity index (χ1n) is 8.29. The number of hydrogen-bond acceptors (Lipinski definition) is 2. The number of amides is 3. The van der Waals surface area contributed by atoms with Gasteiger partial charge in [-0.1, -0.05) is 53.6 Å². The van der Waals surface area contributed by atoms with Gasteiger partial charge in [0.05, 0.1) is 6.54 Å². The largest absolute Gasteiger partial charge is 0.325 e. The minimum absolute atomic E-state index is 0.128. The summed E-state index contributed by atoms with van der Waals surface area (Å²) in [5, 5.41) is 2.97. The Bertz CT molecular complexity index is 838. The number of carbonyl (C=O) groups is 2. The molecule has 4 heteroatoms. The maximum Gasteiger partial charge on any atom is 0.325 e. The predicted octanol–water partition coefficient (Wildman–Crippen LogP) is 3.20. The third-order valence-corrected chi connectivity index (χ3v) is 5.04. The van der Waals surface area contributed by atoms with Gasteiger partial charge in [0.1, 0.15) is 5.54 Å². The number of imide groups is 1. The maximum atomic E-state index is 13.1. The lowest BCUT2D eigenvalue weighted by atomic mass is 9.92. The Labute approximate surface area is 141 Å². The molecule has 1 heterocycles. The van der Waals surface area contributed by atoms with Gasteiger partial charge in [0, 0.05) is 0 Å². The lowest BCUT2D eigenvalue weighted by Crippen LogP contribution is -2.41. The molecule has 2 aromatic rings. The molecule has 0 radical (unpaired) electrons. The molecule has 1 atom stereocenters. The van der Waals surface area contributed by atoms with E-state index in [4.69, 9.17) is 0 Å². The van der Waals surface area contributed by atoms with Crippen LogP contribution in [0, 0.1) is 13.8 Å². The van der Waals surface area contributed by atoms with Crippen molar-refractivity contribution < 1.29 is 9.59 Å². The second kappa shape index (κ2) is 5.20. The molecule has 1 saturated heterocycles. The molecule has 4 nitrogen and oxygen atoms in total. The molecule has 3 amide bonds. The number of aryl methyl sites for hydroxylation is 3. The number of nitrogens with one attached hydrogen (secondary N) is 1. The molecule has 4 rings (SSSR count). The molecule has 0 saturated carbocycles. The summed E-state index contributed by atoms with van der Waals surface area (Å²) in [6.07, 6.45) is 1.46. The van der Waals surface area contributed by atoms with Crippen molar-refractivity contribution in [3.05, 3.63) is 70.3 Å². The quantitative estimate of drug-likeness (QED) is 0.864. The number of nitrogens with zero attached hydrogens (tertiary/aromatic N) is 1. The molecule has 1 N–H and O–H groups in total. The van der Waals surface area contributed by atoms with Crippen molar-refractivity contribution in [1.82, 2.24) is 10.2 Å². The minimum atomic E-state index is -0.869. The number of benzene rings is 2. The molecular formula is C20H20N2O2. The fourth-order valence-electron chi connectivity index (χ4n) is 4.08. The molecule has 1 unspecified atom stereocenters. The van der Waals surface area contributed by atoms with Gasteiger partial charge < -0.3 is 5.32 Å². The number of fused-ring (bicyclic) bond motifs is 2. The zero-order valence-corrected chi connectivity index (χ0v) is 13.9. The molecule has 1 aliphatic carbocycles. The Morgan fingerprint density at radius 2 is 1.79 bits per heavy atom. The van der Waals surface area contributed by atoms with E-state index in [0.29, 0.717) is 13.0 Å². The molecular weight excluding hydrogens is 300 g/mol. The molecule has 1 fully saturated rings. The van der Waals surface area contributed by atoms with Crippen molar-refractivity contribution in [3.8, 4) is 0 Å². The fraction of sp³-hybridized carbons (Fsp3) is 0.300. The van der Waals surface area contributed by atoms with Crippen molar-refractivity contribution in [2.45, 2.75) is 38.8 Å². The summed E-state index contributed by atoms with van der Waals surface area (Å²) >= 11 is 0. The summed E-state index contributed by atoms with van der Waals surface area (Å²) in [5.41, 5.74) is 4.49. The average Bonchev–Trinajstić information content (AvgIpc) is 3.01. The van der Waals surface area contributed by atoms with Gasteiger partial charge >= 0.3 is 6.03 Å². The van der Waals surface area contributed by atoms with E-state index >= 15 is 0 Å². The second-order valence-electron chi connectivity index (χ2n) is 6.88. The van der Waals surface area contributed by atoms with Crippen molar-refractivity contribution >= 4 is 11.9 Å². The van der Waals surface area contributed by atoms with Crippen molar-refractivity contribution in [1.29, 1.82) is 0 Å². The molecule has 2 aliphatic rings. The van der Waals surface area contributed by atoms with Gasteiger partial charge in [-0.3, -0.25) is 9.69 Å². The molecule has 2 aromatic carbocycles. The standard InChI is InChI=1S/C20H20N2O2/c1-13-9-14(2)11-15(10-13)12-22-18(23)20(21-19(22)24)8-7-16-5-3-4-6-17(16)20/h3-6,9-11H,7-8,12H2,1-2H3,(H,21,24). The van der Waals surface area contributed by atoms with E-state index in [1.165, 1.54) is 4.90 Å². The van der Waals surface area contributed by atoms with Crippen LogP contribution in [0.5, 0.6) is 0 Å². The summed E-state index contributed by atoms with van der Waals surface area (Å²) < 4.78 is 0. The molecule has 0 aromatic heterocycles. The van der Waals surface area contributed by atoms with Crippen LogP contribution in [0.2, 0.25) is 0 Å². The van der Waals surface area contributed by atoms with Crippen LogP contribution in [-0.4, -0.2) is 16.8 Å². The van der Waals surface area contributed by atoms with E-state index in [2.05, 4.69) is 11.4 Å². The number of hydrogen-bond donors (Lipinski definition) is 1. The first-order valence-corrected chi connectivity index (χ1v) is 8.29. The highest BCUT2D eigenvalue weighted by molar-refractivity contribution is 6.08. The minimum Gasteiger partial charge on any atom is -0.319 e. The van der Waals surface area contributed by atoms with Crippen LogP contribution in [0.25, 0.3) is 0 Å². The molecule has 1 aliphatic heterocycles. The maximum absolute atomic E-state index is 13.1. The van der Waals surface area contributed by atoms with Crippen LogP contribution in [-0.2, 0) is 23.3 Å². The van der Waals surface area contributed by atoms with Gasteiger partial charge in [-0.15, -0.1) is 0 Å². The fourth-order valence-corrected chi connectivity index (χ4v) is 4.08. The Balaban J connectivity index is 1.68. The highest BCUT2D eigenvalue weighted by Gasteiger charge is 2.55. The van der Waals surface area contributed by atoms with Gasteiger partial charge in [-0.2, -0.15) is 0 Å². The van der Waals surface area contributed by atoms with E-state index in [1.807, 2.05) is 50.2 Å². The lowest BCUT2D eigenvalue weighted by Gasteiger charge is -2.22. The first kappa shape index (κ1) is 14.9. The Morgan fingerprint density at radius 1 is 1.08 bits per heavy atom. The summed E-state index contributed by atoms with van der Waals surface area (Å²) in [6, 6.07) is 13.8. The Hall–Kier alpha value is -2.62. The predicted molar refractivity (Wildman–Crippen MR) is 91.4 cm³/mol. The monoisotopic (exact) mass is 320 g/mol. The van der Waals surface area contributed by atoms with E-state index < -0.39 is 5.54 Å². The highest BCUT2D eigenvalue weighted by Crippen LogP contribution is 2.41. The zero-order chi connectivity index (χ0) is 16.9. The van der Waals surface area contributed by atoms with Gasteiger partial charge in [-0.25, -0.2) is 4.79 Å². The summed E-state index contributed by atoms with van der Waals surface area (Å²) in [6.45, 7) is 4.37. The Kier molecular flexibility index (Phi) is 3.23. The molecule has 24 heavy (non-hydrogen) atoms. The molecule has 122 valence electrons. The smallest absolute Gasteiger partial charge is 0.319 e. The van der Waals surface area contributed by atoms with Gasteiger partial charge in [0.25, 0.3) is 5.91 Å². The van der Waals surface area contributed by atoms with E-state index in [9.17, 15) is 9.59 Å². The van der Waals surface area contributed by atoms with Crippen molar-refractivity contribution in [3.63, 3.8) is 0 Å². The highest BCUT2D eigenvalue weighted by atomic mass is 16.2. The first-order chi connectivity index (χ1) is 11.5. The summed E-state index contributed by atoms with van der Waals surface area (Å²) in [7, 11) is 0. The van der Waals surface area contributed by atoms with Crippen molar-refractivity contribution in [2.24, 2.45) is 0 Å². The molecule has 1 spiro atoms. The van der Waals surface area contributed by atoms with Crippen molar-refractivity contribution in [2.75, 3.05) is 0 Å². The van der Waals surface area contributed by atoms with Gasteiger partial charge in [-0.05, 0) is 43.4 Å². The summed E-state index contributed by atoms with van der Waals surface area (Å²) in [4.78, 5) is 27.0. The Morgan fingerprint density at radius 3 is 2.54 bits per heavy atom. The van der Waals surface area contributed by atoms with Crippen LogP contribution in [0.15, 0.2) is 42.5 Å². The van der Waals surface area contributed by atoms with Crippen LogP contribution in [0.3, 0.4) is 0 Å². The van der Waals surface area contributed by atoms with E-state index in [0.717, 1.165) is 34.2 Å². The van der Waals surface area contributed by atoms with Crippen LogP contribution < -0.4 is 5.32 Å². The van der Waals surface area contributed by atoms with E-state index in [-0.39, 0.29) is 11.9 Å². The lowest BCUT2D eigenvalue weighted by molar-refractivity contribution is -0.132. The summed E-state index contributed by atoms with van der Waals surface area (Å²) in [5.74, 6) is -0.128. The van der Waals surface area contributed by atoms with Crippen LogP contribution in [0.4, 0.5) is 4.79 Å². The molecule has 0 bridgehead atoms. The SMILES string of the molecule is Cc1cc(C)cc(CN2C(=O)NC3(CCc4ccccc43)C2=O)c1. The van der Waals surface area contributed by atoms with Crippen LogP contribution >= 0.6 is 0 Å². The average molecular weight is 320 g/mol. The van der Waals surface area contributed by atoms with E-state index in [1.54, 1.807) is 0 Å². The van der Waals surface area contributed by atoms with Crippen LogP contribution in [0.1, 0.15) is 34.2 Å². The second-order valence-corrected chi connectivity index (χ2v) is 6.88. The number of urea groups is 1. The number of rotatable bonds is 2. The van der Waals surface area contributed by atoms with Gasteiger partial charge in [0.2, 0.25) is 0 Å². The van der Waals surface area contributed by atoms with Gasteiger partial charge in [0.15, 0.2) is 0 Å². The number of carbonyl (C=O) groups excluding carboxylic acids is 2. The third kappa shape index (κ3) is 2.13.